The van der Waals surface area contributed by atoms with E-state index in [2.05, 4.69) is 22.0 Å². The number of nitriles is 1. The maximum absolute atomic E-state index is 11.1. The van der Waals surface area contributed by atoms with Crippen molar-refractivity contribution in [2.45, 2.75) is 12.5 Å². The highest BCUT2D eigenvalue weighted by molar-refractivity contribution is 9.11. The number of nitrogens with zero attached hydrogens (tertiary/aromatic N) is 1. The Bertz CT molecular complexity index is 305. The molecule has 0 spiro atoms. The maximum Gasteiger partial charge on any atom is 0.314 e. The van der Waals surface area contributed by atoms with E-state index in [0.717, 1.165) is 4.48 Å². The number of fused-ring (bicyclic) bond motifs is 2. The van der Waals surface area contributed by atoms with Gasteiger partial charge in [-0.1, -0.05) is 15.9 Å². The van der Waals surface area contributed by atoms with Gasteiger partial charge in [0.1, 0.15) is 6.10 Å². The van der Waals surface area contributed by atoms with Crippen LogP contribution in [-0.4, -0.2) is 12.1 Å². The molecule has 0 unspecified atom stereocenters. The number of carbonyl (C=O) groups is 1. The Balaban J connectivity index is 2.34. The van der Waals surface area contributed by atoms with Crippen LogP contribution in [0.3, 0.4) is 0 Å². The predicted octanol–water partition coefficient (Wildman–Crippen LogP) is 1.35. The second-order valence-electron chi connectivity index (χ2n) is 2.98. The molecule has 1 fully saturated rings. The Morgan fingerprint density at radius 2 is 2.50 bits per heavy atom. The zero-order valence-electron chi connectivity index (χ0n) is 6.16. The van der Waals surface area contributed by atoms with Crippen molar-refractivity contribution in [2.24, 2.45) is 11.8 Å². The SMILES string of the molecule is N#C[C@@H]1C[C@H]2C(=O)O[C@@H]1C=C2Br. The second kappa shape index (κ2) is 2.60. The summed E-state index contributed by atoms with van der Waals surface area (Å²) in [5, 5.41) is 8.70. The van der Waals surface area contributed by atoms with Crippen LogP contribution in [0.15, 0.2) is 10.6 Å². The molecule has 3 aliphatic rings. The van der Waals surface area contributed by atoms with E-state index in [-0.39, 0.29) is 23.9 Å². The molecule has 12 heavy (non-hydrogen) atoms. The smallest absolute Gasteiger partial charge is 0.314 e. The molecule has 0 radical (unpaired) electrons. The van der Waals surface area contributed by atoms with E-state index >= 15 is 0 Å². The zero-order chi connectivity index (χ0) is 8.72. The molecule has 1 aliphatic carbocycles. The highest BCUT2D eigenvalue weighted by Gasteiger charge is 2.42. The summed E-state index contributed by atoms with van der Waals surface area (Å²) in [4.78, 5) is 11.1. The monoisotopic (exact) mass is 227 g/mol. The third-order valence-electron chi connectivity index (χ3n) is 2.25. The molecule has 3 rings (SSSR count). The summed E-state index contributed by atoms with van der Waals surface area (Å²) < 4.78 is 5.86. The van der Waals surface area contributed by atoms with Gasteiger partial charge < -0.3 is 4.74 Å². The van der Waals surface area contributed by atoms with E-state index in [1.165, 1.54) is 0 Å². The van der Waals surface area contributed by atoms with Crippen molar-refractivity contribution in [3.05, 3.63) is 10.6 Å². The van der Waals surface area contributed by atoms with Gasteiger partial charge in [0.25, 0.3) is 0 Å². The first-order valence-corrected chi connectivity index (χ1v) is 4.49. The lowest BCUT2D eigenvalue weighted by Crippen LogP contribution is -2.41. The number of ether oxygens (including phenoxy) is 1. The average molecular weight is 228 g/mol. The molecule has 1 saturated heterocycles. The van der Waals surface area contributed by atoms with E-state index in [1.54, 1.807) is 0 Å². The van der Waals surface area contributed by atoms with Crippen molar-refractivity contribution in [1.82, 2.24) is 0 Å². The summed E-state index contributed by atoms with van der Waals surface area (Å²) >= 11 is 3.29. The van der Waals surface area contributed by atoms with Gasteiger partial charge in [-0.25, -0.2) is 0 Å². The molecular weight excluding hydrogens is 222 g/mol. The minimum atomic E-state index is -0.332. The molecule has 3 atom stereocenters. The van der Waals surface area contributed by atoms with E-state index in [0.29, 0.717) is 6.42 Å². The standard InChI is InChI=1S/C8H6BrNO2/c9-6-2-7-4(3-10)1-5(6)8(11)12-7/h2,4-5,7H,1H2/t4-,5+,7+/m0/s1. The van der Waals surface area contributed by atoms with E-state index < -0.39 is 0 Å². The maximum atomic E-state index is 11.1. The lowest BCUT2D eigenvalue weighted by molar-refractivity contribution is -0.159. The van der Waals surface area contributed by atoms with Gasteiger partial charge in [0.2, 0.25) is 0 Å². The fourth-order valence-corrected chi connectivity index (χ4v) is 2.19. The summed E-state index contributed by atoms with van der Waals surface area (Å²) in [6.45, 7) is 0. The average Bonchev–Trinajstić information content (AvgIpc) is 2.04. The van der Waals surface area contributed by atoms with Gasteiger partial charge in [0.15, 0.2) is 0 Å². The van der Waals surface area contributed by atoms with Gasteiger partial charge >= 0.3 is 5.97 Å². The summed E-state index contributed by atoms with van der Waals surface area (Å²) in [5.41, 5.74) is 0. The van der Waals surface area contributed by atoms with Crippen LogP contribution in [0.2, 0.25) is 0 Å². The Morgan fingerprint density at radius 3 is 3.00 bits per heavy atom. The zero-order valence-corrected chi connectivity index (χ0v) is 7.74. The van der Waals surface area contributed by atoms with Crippen molar-refractivity contribution < 1.29 is 9.53 Å². The van der Waals surface area contributed by atoms with Crippen molar-refractivity contribution in [3.63, 3.8) is 0 Å². The Morgan fingerprint density at radius 1 is 1.75 bits per heavy atom. The van der Waals surface area contributed by atoms with Crippen LogP contribution in [0, 0.1) is 23.2 Å². The Hall–Kier alpha value is -0.820. The lowest BCUT2D eigenvalue weighted by Gasteiger charge is -2.35. The molecule has 0 aromatic rings. The van der Waals surface area contributed by atoms with Gasteiger partial charge in [-0.2, -0.15) is 5.26 Å². The third kappa shape index (κ3) is 0.969. The molecule has 0 amide bonds. The molecule has 4 heteroatoms. The van der Waals surface area contributed by atoms with Crippen molar-refractivity contribution in [3.8, 4) is 6.07 Å². The summed E-state index contributed by atoms with van der Waals surface area (Å²) in [7, 11) is 0. The molecule has 3 nitrogen and oxygen atoms in total. The number of hydrogen-bond acceptors (Lipinski definition) is 3. The van der Waals surface area contributed by atoms with Crippen LogP contribution in [0.4, 0.5) is 0 Å². The number of rotatable bonds is 0. The third-order valence-corrected chi connectivity index (χ3v) is 3.06. The van der Waals surface area contributed by atoms with Crippen molar-refractivity contribution >= 4 is 21.9 Å². The number of carbonyl (C=O) groups excluding carboxylic acids is 1. The Labute approximate surface area is 78.1 Å². The minimum Gasteiger partial charge on any atom is -0.456 e. The quantitative estimate of drug-likeness (QED) is 0.588. The van der Waals surface area contributed by atoms with E-state index in [1.807, 2.05) is 6.08 Å². The summed E-state index contributed by atoms with van der Waals surface area (Å²) in [6, 6.07) is 2.13. The number of hydrogen-bond donors (Lipinski definition) is 0. The van der Waals surface area contributed by atoms with Crippen molar-refractivity contribution in [1.29, 1.82) is 5.26 Å². The van der Waals surface area contributed by atoms with Crippen LogP contribution in [-0.2, 0) is 9.53 Å². The van der Waals surface area contributed by atoms with Crippen LogP contribution in [0.25, 0.3) is 0 Å². The first kappa shape index (κ1) is 7.81. The molecule has 2 heterocycles. The molecule has 2 bridgehead atoms. The van der Waals surface area contributed by atoms with E-state index in [9.17, 15) is 4.79 Å². The van der Waals surface area contributed by atoms with Gasteiger partial charge in [0.05, 0.1) is 17.9 Å². The normalized spacial score (nSPS) is 38.5. The van der Waals surface area contributed by atoms with Crippen LogP contribution >= 0.6 is 15.9 Å². The fourth-order valence-electron chi connectivity index (χ4n) is 1.56. The summed E-state index contributed by atoms with van der Waals surface area (Å²) in [6.07, 6.45) is 2.07. The highest BCUT2D eigenvalue weighted by atomic mass is 79.9. The van der Waals surface area contributed by atoms with E-state index in [4.69, 9.17) is 10.00 Å². The number of halogens is 1. The second-order valence-corrected chi connectivity index (χ2v) is 3.89. The van der Waals surface area contributed by atoms with Crippen LogP contribution in [0.5, 0.6) is 0 Å². The molecule has 0 aromatic heterocycles. The van der Waals surface area contributed by atoms with Gasteiger partial charge in [0, 0.05) is 4.48 Å². The molecule has 2 aliphatic heterocycles. The molecule has 62 valence electrons. The molecular formula is C8H6BrNO2. The first-order chi connectivity index (χ1) is 5.72. The van der Waals surface area contributed by atoms with Gasteiger partial charge in [-0.3, -0.25) is 4.79 Å². The molecule has 0 saturated carbocycles. The fraction of sp³-hybridized carbons (Fsp3) is 0.500. The largest absolute Gasteiger partial charge is 0.456 e. The summed E-state index contributed by atoms with van der Waals surface area (Å²) in [5.74, 6) is -0.602. The van der Waals surface area contributed by atoms with Gasteiger partial charge in [-0.05, 0) is 12.5 Å². The topological polar surface area (TPSA) is 50.1 Å². The predicted molar refractivity (Wildman–Crippen MR) is 44.1 cm³/mol. The molecule has 0 aromatic carbocycles. The van der Waals surface area contributed by atoms with Crippen molar-refractivity contribution in [2.75, 3.05) is 0 Å². The van der Waals surface area contributed by atoms with Crippen LogP contribution < -0.4 is 0 Å². The van der Waals surface area contributed by atoms with Gasteiger partial charge in [-0.15, -0.1) is 0 Å². The lowest BCUT2D eigenvalue weighted by atomic mass is 9.83. The number of esters is 1. The Kier molecular flexibility index (Phi) is 1.69. The van der Waals surface area contributed by atoms with Crippen LogP contribution in [0.1, 0.15) is 6.42 Å². The first-order valence-electron chi connectivity index (χ1n) is 3.69. The highest BCUT2D eigenvalue weighted by Crippen LogP contribution is 2.39. The molecule has 0 N–H and O–H groups in total. The minimum absolute atomic E-state index is 0.158.